The number of ether oxygens (including phenoxy) is 1. The number of hydrogen-bond donors (Lipinski definition) is 2. The Labute approximate surface area is 133 Å². The Morgan fingerprint density at radius 1 is 1.38 bits per heavy atom. The molecular weight excluding hydrogens is 314 g/mol. The molecule has 1 aromatic carbocycles. The van der Waals surface area contributed by atoms with E-state index in [1.165, 1.54) is 18.9 Å². The van der Waals surface area contributed by atoms with E-state index in [0.29, 0.717) is 16.5 Å². The number of methoxy groups -OCH3 is 1. The van der Waals surface area contributed by atoms with Crippen LogP contribution in [-0.2, 0) is 20.1 Å². The van der Waals surface area contributed by atoms with Crippen LogP contribution in [0.4, 0.5) is 0 Å². The van der Waals surface area contributed by atoms with Crippen LogP contribution in [0.3, 0.4) is 0 Å². The second-order valence-corrected chi connectivity index (χ2v) is 5.80. The second-order valence-electron chi connectivity index (χ2n) is 4.38. The molecule has 0 aliphatic heterocycles. The van der Waals surface area contributed by atoms with Crippen molar-refractivity contribution < 1.29 is 19.4 Å². The number of amides is 1. The predicted octanol–water partition coefficient (Wildman–Crippen LogP) is 2.18. The Bertz CT molecular complexity index is 467. The maximum atomic E-state index is 11.6. The molecule has 0 radical (unpaired) electrons. The first-order valence-corrected chi connectivity index (χ1v) is 7.88. The summed E-state index contributed by atoms with van der Waals surface area (Å²) >= 11 is 7.27. The zero-order valence-electron chi connectivity index (χ0n) is 11.7. The Kier molecular flexibility index (Phi) is 8.19. The third kappa shape index (κ3) is 7.94. The van der Waals surface area contributed by atoms with Gasteiger partial charge in [0.25, 0.3) is 0 Å². The maximum absolute atomic E-state index is 11.6. The average molecular weight is 332 g/mol. The fraction of sp³-hybridized carbons (Fsp3) is 0.429. The molecule has 1 amide bonds. The summed E-state index contributed by atoms with van der Waals surface area (Å²) in [6, 6.07) is 7.46. The van der Waals surface area contributed by atoms with Crippen LogP contribution in [0.5, 0.6) is 0 Å². The molecule has 5 nitrogen and oxygen atoms in total. The summed E-state index contributed by atoms with van der Waals surface area (Å²) in [7, 11) is 1.43. The maximum Gasteiger partial charge on any atom is 0.306 e. The average Bonchev–Trinajstić information content (AvgIpc) is 2.45. The van der Waals surface area contributed by atoms with Gasteiger partial charge in [0.2, 0.25) is 5.91 Å². The fourth-order valence-electron chi connectivity index (χ4n) is 1.55. The number of hydrogen-bond acceptors (Lipinski definition) is 4. The highest BCUT2D eigenvalue weighted by Crippen LogP contribution is 2.15. The fourth-order valence-corrected chi connectivity index (χ4v) is 2.50. The Balaban J connectivity index is 2.21. The second kappa shape index (κ2) is 9.65. The summed E-state index contributed by atoms with van der Waals surface area (Å²) in [5.74, 6) is -0.0610. The van der Waals surface area contributed by atoms with Gasteiger partial charge in [-0.15, -0.1) is 11.8 Å². The zero-order chi connectivity index (χ0) is 15.7. The summed E-state index contributed by atoms with van der Waals surface area (Å²) in [5, 5.41) is 12.0. The van der Waals surface area contributed by atoms with E-state index in [9.17, 15) is 9.59 Å². The molecule has 2 N–H and O–H groups in total. The van der Waals surface area contributed by atoms with Crippen molar-refractivity contribution in [2.24, 2.45) is 0 Å². The minimum absolute atomic E-state index is 0.130. The van der Waals surface area contributed by atoms with Gasteiger partial charge in [-0.3, -0.25) is 9.59 Å². The van der Waals surface area contributed by atoms with Gasteiger partial charge in [-0.2, -0.15) is 0 Å². The first kappa shape index (κ1) is 17.8. The molecule has 0 saturated heterocycles. The Hall–Kier alpha value is -1.24. The van der Waals surface area contributed by atoms with E-state index in [4.69, 9.17) is 21.4 Å². The van der Waals surface area contributed by atoms with Crippen molar-refractivity contribution in [1.82, 2.24) is 5.32 Å². The number of rotatable bonds is 9. The lowest BCUT2D eigenvalue weighted by Crippen LogP contribution is -2.35. The summed E-state index contributed by atoms with van der Waals surface area (Å²) in [6.45, 7) is 0.198. The molecule has 1 aromatic rings. The highest BCUT2D eigenvalue weighted by Gasteiger charge is 2.13. The lowest BCUT2D eigenvalue weighted by atomic mass is 10.2. The summed E-state index contributed by atoms with van der Waals surface area (Å²) in [6.07, 6.45) is -0.637. The number of halogens is 1. The molecular formula is C14H18ClNO4S. The number of carboxylic acid groups (broad SMARTS) is 1. The van der Waals surface area contributed by atoms with Gasteiger partial charge in [0.15, 0.2) is 0 Å². The van der Waals surface area contributed by atoms with Gasteiger partial charge >= 0.3 is 5.97 Å². The summed E-state index contributed by atoms with van der Waals surface area (Å²) < 4.78 is 4.98. The van der Waals surface area contributed by atoms with Crippen molar-refractivity contribution in [1.29, 1.82) is 0 Å². The third-order valence-electron chi connectivity index (χ3n) is 2.68. The van der Waals surface area contributed by atoms with Crippen molar-refractivity contribution in [3.05, 3.63) is 34.9 Å². The lowest BCUT2D eigenvalue weighted by Gasteiger charge is -2.13. The Morgan fingerprint density at radius 3 is 2.62 bits per heavy atom. The summed E-state index contributed by atoms with van der Waals surface area (Å²) in [5.41, 5.74) is 1.10. The molecule has 21 heavy (non-hydrogen) atoms. The largest absolute Gasteiger partial charge is 0.481 e. The number of carbonyl (C=O) groups excluding carboxylic acids is 1. The third-order valence-corrected chi connectivity index (χ3v) is 3.93. The molecule has 0 fully saturated rings. The van der Waals surface area contributed by atoms with E-state index < -0.39 is 12.1 Å². The molecule has 0 spiro atoms. The number of benzene rings is 1. The van der Waals surface area contributed by atoms with Crippen LogP contribution in [0.2, 0.25) is 5.02 Å². The normalized spacial score (nSPS) is 11.9. The van der Waals surface area contributed by atoms with Gasteiger partial charge in [0.05, 0.1) is 18.3 Å². The first-order valence-electron chi connectivity index (χ1n) is 6.34. The van der Waals surface area contributed by atoms with Gasteiger partial charge in [-0.25, -0.2) is 0 Å². The van der Waals surface area contributed by atoms with Gasteiger partial charge in [-0.05, 0) is 17.7 Å². The van der Waals surface area contributed by atoms with Crippen LogP contribution in [0.25, 0.3) is 0 Å². The lowest BCUT2D eigenvalue weighted by molar-refractivity contribution is -0.140. The minimum Gasteiger partial charge on any atom is -0.481 e. The van der Waals surface area contributed by atoms with Gasteiger partial charge in [0, 0.05) is 24.4 Å². The molecule has 116 valence electrons. The quantitative estimate of drug-likeness (QED) is 0.725. The smallest absolute Gasteiger partial charge is 0.306 e. The monoisotopic (exact) mass is 331 g/mol. The number of thioether (sulfide) groups is 1. The van der Waals surface area contributed by atoms with E-state index in [0.717, 1.165) is 5.56 Å². The number of carbonyl (C=O) groups is 2. The number of carboxylic acids is 1. The standard InChI is InChI=1S/C14H18ClNO4S/c1-20-12(6-14(18)19)7-16-13(17)9-21-8-10-2-4-11(15)5-3-10/h2-5,12H,6-9H2,1H3,(H,16,17)(H,18,19). The van der Waals surface area contributed by atoms with Crippen LogP contribution >= 0.6 is 23.4 Å². The van der Waals surface area contributed by atoms with E-state index >= 15 is 0 Å². The van der Waals surface area contributed by atoms with Crippen molar-refractivity contribution >= 4 is 35.2 Å². The molecule has 1 atom stereocenters. The molecule has 7 heteroatoms. The van der Waals surface area contributed by atoms with Crippen LogP contribution in [-0.4, -0.2) is 42.5 Å². The van der Waals surface area contributed by atoms with Crippen LogP contribution in [0.15, 0.2) is 24.3 Å². The zero-order valence-corrected chi connectivity index (χ0v) is 13.2. The number of nitrogens with one attached hydrogen (secondary N) is 1. The van der Waals surface area contributed by atoms with Gasteiger partial charge in [0.1, 0.15) is 0 Å². The molecule has 1 unspecified atom stereocenters. The first-order chi connectivity index (χ1) is 10.0. The molecule has 0 aliphatic carbocycles. The van der Waals surface area contributed by atoms with Crippen molar-refractivity contribution in [2.45, 2.75) is 18.3 Å². The molecule has 1 rings (SSSR count). The number of aliphatic carboxylic acids is 1. The molecule has 0 aromatic heterocycles. The van der Waals surface area contributed by atoms with E-state index in [-0.39, 0.29) is 18.9 Å². The van der Waals surface area contributed by atoms with Gasteiger partial charge < -0.3 is 15.2 Å². The van der Waals surface area contributed by atoms with E-state index in [2.05, 4.69) is 5.32 Å². The minimum atomic E-state index is -0.951. The molecule has 0 bridgehead atoms. The van der Waals surface area contributed by atoms with Crippen LogP contribution in [0, 0.1) is 0 Å². The van der Waals surface area contributed by atoms with E-state index in [1.807, 2.05) is 24.3 Å². The van der Waals surface area contributed by atoms with Gasteiger partial charge in [-0.1, -0.05) is 23.7 Å². The van der Waals surface area contributed by atoms with Crippen LogP contribution < -0.4 is 5.32 Å². The Morgan fingerprint density at radius 2 is 2.05 bits per heavy atom. The molecule has 0 heterocycles. The van der Waals surface area contributed by atoms with Crippen molar-refractivity contribution in [3.8, 4) is 0 Å². The highest BCUT2D eigenvalue weighted by atomic mass is 35.5. The van der Waals surface area contributed by atoms with Crippen molar-refractivity contribution in [3.63, 3.8) is 0 Å². The predicted molar refractivity (Wildman–Crippen MR) is 83.7 cm³/mol. The summed E-state index contributed by atoms with van der Waals surface area (Å²) in [4.78, 5) is 22.2. The van der Waals surface area contributed by atoms with Crippen LogP contribution in [0.1, 0.15) is 12.0 Å². The van der Waals surface area contributed by atoms with E-state index in [1.54, 1.807) is 0 Å². The SMILES string of the molecule is COC(CNC(=O)CSCc1ccc(Cl)cc1)CC(=O)O. The molecule has 0 aliphatic rings. The van der Waals surface area contributed by atoms with Crippen molar-refractivity contribution in [2.75, 3.05) is 19.4 Å². The highest BCUT2D eigenvalue weighted by molar-refractivity contribution is 7.99. The molecule has 0 saturated carbocycles. The topological polar surface area (TPSA) is 75.6 Å².